The standard InChI is InChI=1S/C21H16BrN3O4/c22-14-7-5-13(6-8-14)18-23-15(12-29-18)11-25-19(26)21(24-20(25)27)9-10-28-17-4-2-1-3-16(17)21/h1-8,12H,9-11H2,(H,24,27). The quantitative estimate of drug-likeness (QED) is 0.609. The minimum Gasteiger partial charge on any atom is -0.493 e. The lowest BCUT2D eigenvalue weighted by molar-refractivity contribution is -0.133. The average Bonchev–Trinajstić information content (AvgIpc) is 3.29. The molecule has 1 saturated heterocycles. The van der Waals surface area contributed by atoms with E-state index in [4.69, 9.17) is 9.15 Å². The van der Waals surface area contributed by atoms with Crippen LogP contribution in [0.1, 0.15) is 17.7 Å². The van der Waals surface area contributed by atoms with Crippen molar-refractivity contribution >= 4 is 27.9 Å². The number of para-hydroxylation sites is 1. The molecule has 8 heteroatoms. The molecular formula is C21H16BrN3O4. The summed E-state index contributed by atoms with van der Waals surface area (Å²) in [5.41, 5.74) is 0.905. The first-order valence-corrected chi connectivity index (χ1v) is 9.93. The molecule has 5 rings (SSSR count). The molecule has 0 saturated carbocycles. The highest BCUT2D eigenvalue weighted by molar-refractivity contribution is 9.10. The molecule has 1 atom stereocenters. The van der Waals surface area contributed by atoms with E-state index >= 15 is 0 Å². The van der Waals surface area contributed by atoms with E-state index in [1.165, 1.54) is 11.2 Å². The second kappa shape index (κ2) is 6.73. The summed E-state index contributed by atoms with van der Waals surface area (Å²) in [5, 5.41) is 2.88. The van der Waals surface area contributed by atoms with Crippen LogP contribution in [0, 0.1) is 0 Å². The third-order valence-electron chi connectivity index (χ3n) is 5.22. The molecule has 1 aromatic heterocycles. The number of oxazole rings is 1. The molecule has 2 aromatic carbocycles. The predicted octanol–water partition coefficient (Wildman–Crippen LogP) is 3.83. The summed E-state index contributed by atoms with van der Waals surface area (Å²) >= 11 is 3.39. The minimum atomic E-state index is -1.09. The number of amides is 3. The number of benzene rings is 2. The number of fused-ring (bicyclic) bond motifs is 2. The van der Waals surface area contributed by atoms with Crippen molar-refractivity contribution in [1.82, 2.24) is 15.2 Å². The van der Waals surface area contributed by atoms with Gasteiger partial charge >= 0.3 is 6.03 Å². The first kappa shape index (κ1) is 17.9. The van der Waals surface area contributed by atoms with Crippen LogP contribution < -0.4 is 10.1 Å². The second-order valence-electron chi connectivity index (χ2n) is 6.97. The summed E-state index contributed by atoms with van der Waals surface area (Å²) in [6, 6.07) is 14.4. The fraction of sp³-hybridized carbons (Fsp3) is 0.190. The second-order valence-corrected chi connectivity index (χ2v) is 7.89. The molecule has 146 valence electrons. The van der Waals surface area contributed by atoms with Crippen LogP contribution in [0.15, 0.2) is 63.7 Å². The van der Waals surface area contributed by atoms with Gasteiger partial charge in [-0.15, -0.1) is 0 Å². The molecule has 0 radical (unpaired) electrons. The topological polar surface area (TPSA) is 84.7 Å². The summed E-state index contributed by atoms with van der Waals surface area (Å²) in [5.74, 6) is 0.755. The third kappa shape index (κ3) is 2.91. The van der Waals surface area contributed by atoms with E-state index in [2.05, 4.69) is 26.2 Å². The Morgan fingerprint density at radius 1 is 1.14 bits per heavy atom. The summed E-state index contributed by atoms with van der Waals surface area (Å²) < 4.78 is 12.2. The zero-order valence-electron chi connectivity index (χ0n) is 15.2. The Bertz CT molecular complexity index is 1110. The van der Waals surface area contributed by atoms with Gasteiger partial charge in [-0.1, -0.05) is 34.1 Å². The normalized spacial score (nSPS) is 20.5. The predicted molar refractivity (Wildman–Crippen MR) is 107 cm³/mol. The van der Waals surface area contributed by atoms with Gasteiger partial charge in [-0.05, 0) is 30.3 Å². The molecule has 29 heavy (non-hydrogen) atoms. The molecule has 0 aliphatic carbocycles. The highest BCUT2D eigenvalue weighted by Crippen LogP contribution is 2.41. The number of carbonyl (C=O) groups excluding carboxylic acids is 2. The van der Waals surface area contributed by atoms with E-state index in [-0.39, 0.29) is 12.5 Å². The van der Waals surface area contributed by atoms with E-state index in [0.29, 0.717) is 35.9 Å². The number of imide groups is 1. The monoisotopic (exact) mass is 453 g/mol. The van der Waals surface area contributed by atoms with Gasteiger partial charge in [-0.3, -0.25) is 9.69 Å². The van der Waals surface area contributed by atoms with E-state index in [1.54, 1.807) is 6.07 Å². The zero-order chi connectivity index (χ0) is 20.0. The minimum absolute atomic E-state index is 0.0372. The van der Waals surface area contributed by atoms with Crippen LogP contribution in [-0.2, 0) is 16.9 Å². The van der Waals surface area contributed by atoms with Crippen molar-refractivity contribution in [2.45, 2.75) is 18.5 Å². The van der Waals surface area contributed by atoms with Crippen LogP contribution in [-0.4, -0.2) is 28.4 Å². The maximum atomic E-state index is 13.3. The number of nitrogens with zero attached hydrogens (tertiary/aromatic N) is 2. The van der Waals surface area contributed by atoms with Crippen molar-refractivity contribution in [3.05, 3.63) is 70.5 Å². The van der Waals surface area contributed by atoms with Gasteiger partial charge in [0, 0.05) is 22.0 Å². The van der Waals surface area contributed by atoms with Crippen molar-refractivity contribution in [3.63, 3.8) is 0 Å². The lowest BCUT2D eigenvalue weighted by Crippen LogP contribution is -2.47. The summed E-state index contributed by atoms with van der Waals surface area (Å²) in [4.78, 5) is 31.6. The van der Waals surface area contributed by atoms with E-state index < -0.39 is 11.6 Å². The number of rotatable bonds is 3. The lowest BCUT2D eigenvalue weighted by Gasteiger charge is -2.33. The van der Waals surface area contributed by atoms with Crippen molar-refractivity contribution in [2.75, 3.05) is 6.61 Å². The molecule has 7 nitrogen and oxygen atoms in total. The van der Waals surface area contributed by atoms with Crippen molar-refractivity contribution in [2.24, 2.45) is 0 Å². The number of nitrogens with one attached hydrogen (secondary N) is 1. The van der Waals surface area contributed by atoms with Gasteiger partial charge in [0.15, 0.2) is 5.54 Å². The Kier molecular flexibility index (Phi) is 4.16. The maximum absolute atomic E-state index is 13.3. The number of ether oxygens (including phenoxy) is 1. The SMILES string of the molecule is O=C1NC2(CCOc3ccccc32)C(=O)N1Cc1coc(-c2ccc(Br)cc2)n1. The summed E-state index contributed by atoms with van der Waals surface area (Å²) in [6.07, 6.45) is 1.86. The fourth-order valence-electron chi connectivity index (χ4n) is 3.78. The van der Waals surface area contributed by atoms with Crippen molar-refractivity contribution < 1.29 is 18.7 Å². The van der Waals surface area contributed by atoms with Gasteiger partial charge in [0.25, 0.3) is 5.91 Å². The van der Waals surface area contributed by atoms with Gasteiger partial charge in [-0.2, -0.15) is 0 Å². The lowest BCUT2D eigenvalue weighted by atomic mass is 9.84. The van der Waals surface area contributed by atoms with Gasteiger partial charge in [0.2, 0.25) is 5.89 Å². The first-order chi connectivity index (χ1) is 14.1. The van der Waals surface area contributed by atoms with Gasteiger partial charge in [-0.25, -0.2) is 9.78 Å². The summed E-state index contributed by atoms with van der Waals surface area (Å²) in [6.45, 7) is 0.393. The van der Waals surface area contributed by atoms with Crippen molar-refractivity contribution in [3.8, 4) is 17.2 Å². The number of halogens is 1. The first-order valence-electron chi connectivity index (χ1n) is 9.14. The molecule has 1 unspecified atom stereocenters. The fourth-order valence-corrected chi connectivity index (χ4v) is 4.05. The van der Waals surface area contributed by atoms with Crippen LogP contribution in [0.5, 0.6) is 5.75 Å². The number of hydrogen-bond acceptors (Lipinski definition) is 5. The largest absolute Gasteiger partial charge is 0.493 e. The molecule has 1 fully saturated rings. The molecule has 2 aliphatic heterocycles. The molecule has 0 bridgehead atoms. The van der Waals surface area contributed by atoms with E-state index in [1.807, 2.05) is 42.5 Å². The molecular weight excluding hydrogens is 438 g/mol. The smallest absolute Gasteiger partial charge is 0.325 e. The Morgan fingerprint density at radius 2 is 1.93 bits per heavy atom. The van der Waals surface area contributed by atoms with Gasteiger partial charge < -0.3 is 14.5 Å². The van der Waals surface area contributed by atoms with Crippen LogP contribution >= 0.6 is 15.9 Å². The Balaban J connectivity index is 1.42. The zero-order valence-corrected chi connectivity index (χ0v) is 16.8. The summed E-state index contributed by atoms with van der Waals surface area (Å²) in [7, 11) is 0. The molecule has 1 N–H and O–H groups in total. The molecule has 2 aliphatic rings. The van der Waals surface area contributed by atoms with Gasteiger partial charge in [0.1, 0.15) is 12.0 Å². The molecule has 1 spiro atoms. The van der Waals surface area contributed by atoms with E-state index in [9.17, 15) is 9.59 Å². The van der Waals surface area contributed by atoms with Gasteiger partial charge in [0.05, 0.1) is 18.8 Å². The molecule has 3 heterocycles. The Hall–Kier alpha value is -3.13. The van der Waals surface area contributed by atoms with Crippen LogP contribution in [0.2, 0.25) is 0 Å². The third-order valence-corrected chi connectivity index (χ3v) is 5.75. The van der Waals surface area contributed by atoms with Crippen LogP contribution in [0.4, 0.5) is 4.79 Å². The van der Waals surface area contributed by atoms with Crippen molar-refractivity contribution in [1.29, 1.82) is 0 Å². The Morgan fingerprint density at radius 3 is 2.76 bits per heavy atom. The molecule has 3 amide bonds. The Labute approximate surface area is 174 Å². The number of carbonyl (C=O) groups is 2. The number of urea groups is 1. The average molecular weight is 454 g/mol. The highest BCUT2D eigenvalue weighted by atomic mass is 79.9. The maximum Gasteiger partial charge on any atom is 0.325 e. The van der Waals surface area contributed by atoms with Crippen LogP contribution in [0.3, 0.4) is 0 Å². The number of aromatic nitrogens is 1. The molecule has 3 aromatic rings. The van der Waals surface area contributed by atoms with E-state index in [0.717, 1.165) is 10.0 Å². The number of hydrogen-bond donors (Lipinski definition) is 1. The highest BCUT2D eigenvalue weighted by Gasteiger charge is 2.54. The van der Waals surface area contributed by atoms with Crippen LogP contribution in [0.25, 0.3) is 11.5 Å².